The summed E-state index contributed by atoms with van der Waals surface area (Å²) in [6.07, 6.45) is 4.92. The summed E-state index contributed by atoms with van der Waals surface area (Å²) in [7, 11) is 1.82. The first kappa shape index (κ1) is 14.3. The minimum Gasteiger partial charge on any atom is -0.343 e. The van der Waals surface area contributed by atoms with Crippen LogP contribution < -0.4 is 5.32 Å². The van der Waals surface area contributed by atoms with Crippen LogP contribution >= 0.6 is 0 Å². The molecule has 0 radical (unpaired) electrons. The summed E-state index contributed by atoms with van der Waals surface area (Å²) in [5, 5.41) is 2.84. The number of urea groups is 1. The van der Waals surface area contributed by atoms with Gasteiger partial charge in [-0.05, 0) is 25.0 Å². The van der Waals surface area contributed by atoms with Crippen molar-refractivity contribution in [1.29, 1.82) is 0 Å². The van der Waals surface area contributed by atoms with Crippen LogP contribution in [0.5, 0.6) is 0 Å². The molecule has 3 amide bonds. The SMILES string of the molecule is CC(=O)N(C)C1CCN(C(=O)Nc2ccncc2)CC1. The van der Waals surface area contributed by atoms with Gasteiger partial charge in [0.2, 0.25) is 5.91 Å². The first-order chi connectivity index (χ1) is 9.58. The van der Waals surface area contributed by atoms with Crippen LogP contribution in [0.4, 0.5) is 10.5 Å². The monoisotopic (exact) mass is 276 g/mol. The van der Waals surface area contributed by atoms with Gasteiger partial charge in [-0.1, -0.05) is 0 Å². The van der Waals surface area contributed by atoms with E-state index >= 15 is 0 Å². The molecular weight excluding hydrogens is 256 g/mol. The van der Waals surface area contributed by atoms with Crippen LogP contribution in [0.3, 0.4) is 0 Å². The summed E-state index contributed by atoms with van der Waals surface area (Å²) >= 11 is 0. The molecule has 1 N–H and O–H groups in total. The molecule has 1 fully saturated rings. The summed E-state index contributed by atoms with van der Waals surface area (Å²) in [4.78, 5) is 30.9. The molecule has 0 bridgehead atoms. The van der Waals surface area contributed by atoms with Gasteiger partial charge in [-0.15, -0.1) is 0 Å². The van der Waals surface area contributed by atoms with Crippen molar-refractivity contribution in [3.63, 3.8) is 0 Å². The van der Waals surface area contributed by atoms with Gasteiger partial charge in [-0.25, -0.2) is 4.79 Å². The van der Waals surface area contributed by atoms with Crippen molar-refractivity contribution >= 4 is 17.6 Å². The molecule has 2 heterocycles. The third kappa shape index (κ3) is 3.46. The van der Waals surface area contributed by atoms with Crippen molar-refractivity contribution in [1.82, 2.24) is 14.8 Å². The number of hydrogen-bond acceptors (Lipinski definition) is 3. The van der Waals surface area contributed by atoms with E-state index in [0.29, 0.717) is 13.1 Å². The number of aromatic nitrogens is 1. The second kappa shape index (κ2) is 6.36. The van der Waals surface area contributed by atoms with Crippen molar-refractivity contribution in [3.8, 4) is 0 Å². The molecule has 0 aromatic carbocycles. The fourth-order valence-corrected chi connectivity index (χ4v) is 2.35. The molecule has 1 aliphatic rings. The third-order valence-electron chi connectivity index (χ3n) is 3.73. The van der Waals surface area contributed by atoms with Crippen LogP contribution in [0.15, 0.2) is 24.5 Å². The van der Waals surface area contributed by atoms with Crippen LogP contribution in [-0.4, -0.2) is 52.9 Å². The normalized spacial score (nSPS) is 15.8. The van der Waals surface area contributed by atoms with Crippen molar-refractivity contribution in [2.75, 3.05) is 25.5 Å². The second-order valence-corrected chi connectivity index (χ2v) is 5.01. The van der Waals surface area contributed by atoms with Gasteiger partial charge in [0.1, 0.15) is 0 Å². The van der Waals surface area contributed by atoms with E-state index in [9.17, 15) is 9.59 Å². The molecule has 0 aliphatic carbocycles. The number of carbonyl (C=O) groups is 2. The van der Waals surface area contributed by atoms with Crippen LogP contribution in [0, 0.1) is 0 Å². The van der Waals surface area contributed by atoms with E-state index in [4.69, 9.17) is 0 Å². The van der Waals surface area contributed by atoms with E-state index < -0.39 is 0 Å². The van der Waals surface area contributed by atoms with Gasteiger partial charge in [0.25, 0.3) is 0 Å². The predicted molar refractivity (Wildman–Crippen MR) is 76.3 cm³/mol. The molecule has 0 saturated carbocycles. The predicted octanol–water partition coefficient (Wildman–Crippen LogP) is 1.56. The van der Waals surface area contributed by atoms with E-state index in [0.717, 1.165) is 18.5 Å². The molecule has 6 nitrogen and oxygen atoms in total. The maximum atomic E-state index is 12.1. The molecule has 20 heavy (non-hydrogen) atoms. The van der Waals surface area contributed by atoms with Crippen LogP contribution in [0.1, 0.15) is 19.8 Å². The zero-order chi connectivity index (χ0) is 14.5. The largest absolute Gasteiger partial charge is 0.343 e. The Morgan fingerprint density at radius 1 is 1.30 bits per heavy atom. The zero-order valence-corrected chi connectivity index (χ0v) is 11.9. The molecule has 1 saturated heterocycles. The van der Waals surface area contributed by atoms with Gasteiger partial charge in [-0.3, -0.25) is 9.78 Å². The minimum atomic E-state index is -0.0971. The quantitative estimate of drug-likeness (QED) is 0.891. The fraction of sp³-hybridized carbons (Fsp3) is 0.500. The molecule has 0 spiro atoms. The number of pyridine rings is 1. The van der Waals surface area contributed by atoms with E-state index in [-0.39, 0.29) is 18.0 Å². The van der Waals surface area contributed by atoms with Crippen LogP contribution in [0.25, 0.3) is 0 Å². The van der Waals surface area contributed by atoms with Crippen molar-refractivity contribution in [2.24, 2.45) is 0 Å². The average molecular weight is 276 g/mol. The number of anilines is 1. The number of amides is 3. The second-order valence-electron chi connectivity index (χ2n) is 5.01. The van der Waals surface area contributed by atoms with E-state index in [1.165, 1.54) is 0 Å². The van der Waals surface area contributed by atoms with Crippen molar-refractivity contribution in [3.05, 3.63) is 24.5 Å². The van der Waals surface area contributed by atoms with Gasteiger partial charge in [0, 0.05) is 51.2 Å². The standard InChI is InChI=1S/C14H20N4O2/c1-11(19)17(2)13-5-9-18(10-6-13)14(20)16-12-3-7-15-8-4-12/h3-4,7-8,13H,5-6,9-10H2,1-2H3,(H,15,16,20). The lowest BCUT2D eigenvalue weighted by molar-refractivity contribution is -0.130. The number of nitrogens with one attached hydrogen (secondary N) is 1. The highest BCUT2D eigenvalue weighted by Gasteiger charge is 2.26. The highest BCUT2D eigenvalue weighted by Crippen LogP contribution is 2.16. The minimum absolute atomic E-state index is 0.0738. The smallest absolute Gasteiger partial charge is 0.321 e. The average Bonchev–Trinajstić information content (AvgIpc) is 2.47. The third-order valence-corrected chi connectivity index (χ3v) is 3.73. The Balaban J connectivity index is 1.84. The van der Waals surface area contributed by atoms with Gasteiger partial charge in [0.15, 0.2) is 0 Å². The molecule has 0 atom stereocenters. The first-order valence-corrected chi connectivity index (χ1v) is 6.77. The Labute approximate surface area is 118 Å². The molecule has 1 aromatic rings. The Morgan fingerprint density at radius 2 is 1.90 bits per heavy atom. The van der Waals surface area contributed by atoms with Gasteiger partial charge in [-0.2, -0.15) is 0 Å². The number of rotatable bonds is 2. The first-order valence-electron chi connectivity index (χ1n) is 6.77. The number of hydrogen-bond donors (Lipinski definition) is 1. The maximum absolute atomic E-state index is 12.1. The Bertz CT molecular complexity index is 469. The Morgan fingerprint density at radius 3 is 2.45 bits per heavy atom. The summed E-state index contributed by atoms with van der Waals surface area (Å²) in [6, 6.07) is 3.65. The van der Waals surface area contributed by atoms with Crippen molar-refractivity contribution < 1.29 is 9.59 Å². The molecular formula is C14H20N4O2. The van der Waals surface area contributed by atoms with Gasteiger partial charge in [0.05, 0.1) is 0 Å². The molecule has 0 unspecified atom stereocenters. The van der Waals surface area contributed by atoms with Crippen LogP contribution in [-0.2, 0) is 4.79 Å². The lowest BCUT2D eigenvalue weighted by Gasteiger charge is -2.36. The lowest BCUT2D eigenvalue weighted by Crippen LogP contribution is -2.47. The zero-order valence-electron chi connectivity index (χ0n) is 11.9. The molecule has 1 aliphatic heterocycles. The molecule has 108 valence electrons. The highest BCUT2D eigenvalue weighted by molar-refractivity contribution is 5.89. The van der Waals surface area contributed by atoms with Crippen molar-refractivity contribution in [2.45, 2.75) is 25.8 Å². The Hall–Kier alpha value is -2.11. The lowest BCUT2D eigenvalue weighted by atomic mass is 10.0. The molecule has 2 rings (SSSR count). The summed E-state index contributed by atoms with van der Waals surface area (Å²) < 4.78 is 0. The van der Waals surface area contributed by atoms with Gasteiger partial charge < -0.3 is 15.1 Å². The highest BCUT2D eigenvalue weighted by atomic mass is 16.2. The summed E-state index contributed by atoms with van der Waals surface area (Å²) in [5.74, 6) is 0.0738. The topological polar surface area (TPSA) is 65.5 Å². The molecule has 6 heteroatoms. The maximum Gasteiger partial charge on any atom is 0.321 e. The van der Waals surface area contributed by atoms with E-state index in [1.54, 1.807) is 41.2 Å². The van der Waals surface area contributed by atoms with Crippen LogP contribution in [0.2, 0.25) is 0 Å². The number of nitrogens with zero attached hydrogens (tertiary/aromatic N) is 3. The fourth-order valence-electron chi connectivity index (χ4n) is 2.35. The van der Waals surface area contributed by atoms with Gasteiger partial charge >= 0.3 is 6.03 Å². The molecule has 1 aromatic heterocycles. The van der Waals surface area contributed by atoms with E-state index in [2.05, 4.69) is 10.3 Å². The van der Waals surface area contributed by atoms with E-state index in [1.807, 2.05) is 7.05 Å². The number of likely N-dealkylation sites (tertiary alicyclic amines) is 1. The summed E-state index contributed by atoms with van der Waals surface area (Å²) in [5.41, 5.74) is 0.743. The summed E-state index contributed by atoms with van der Waals surface area (Å²) in [6.45, 7) is 2.90. The number of piperidine rings is 1. The Kier molecular flexibility index (Phi) is 4.55. The number of carbonyl (C=O) groups excluding carboxylic acids is 2.